The van der Waals surface area contributed by atoms with Crippen LogP contribution in [0.2, 0.25) is 0 Å². The molecule has 0 spiro atoms. The Kier molecular flexibility index (Phi) is 4.74. The molecule has 0 aliphatic carbocycles. The second-order valence-corrected chi connectivity index (χ2v) is 6.61. The molecular weight excluding hydrogens is 282 g/mol. The number of carboxylic acid groups (broad SMARTS) is 1. The fraction of sp³-hybridized carbons (Fsp3) is 0.462. The quantitative estimate of drug-likeness (QED) is 0.809. The minimum atomic E-state index is -3.67. The van der Waals surface area contributed by atoms with E-state index in [1.807, 2.05) is 0 Å². The molecule has 6 nitrogen and oxygen atoms in total. The molecular formula is C13H17NO5S. The number of aliphatic carboxylic acids is 1. The summed E-state index contributed by atoms with van der Waals surface area (Å²) in [5.74, 6) is -1.40. The standard InChI is InChI=1S/C13H17NO5S/c15-13(16)12(11-4-2-1-3-5-11)14-20(17,18)9-10-6-7-19-8-10/h1-5,10,12,14H,6-9H2,(H,15,16)/t10?,12-/m0/s1. The first-order chi connectivity index (χ1) is 9.48. The smallest absolute Gasteiger partial charge is 0.326 e. The normalized spacial score (nSPS) is 20.7. The van der Waals surface area contributed by atoms with Gasteiger partial charge >= 0.3 is 5.97 Å². The molecule has 1 aromatic carbocycles. The minimum absolute atomic E-state index is 0.0716. The zero-order chi connectivity index (χ0) is 14.6. The van der Waals surface area contributed by atoms with E-state index < -0.39 is 22.0 Å². The summed E-state index contributed by atoms with van der Waals surface area (Å²) in [5, 5.41) is 9.20. The summed E-state index contributed by atoms with van der Waals surface area (Å²) in [6.45, 7) is 0.964. The molecule has 1 heterocycles. The van der Waals surface area contributed by atoms with Gasteiger partial charge in [0.05, 0.1) is 12.4 Å². The van der Waals surface area contributed by atoms with Gasteiger partial charge in [0, 0.05) is 6.61 Å². The topological polar surface area (TPSA) is 92.7 Å². The van der Waals surface area contributed by atoms with Gasteiger partial charge in [0.1, 0.15) is 6.04 Å². The van der Waals surface area contributed by atoms with Crippen LogP contribution >= 0.6 is 0 Å². The van der Waals surface area contributed by atoms with E-state index >= 15 is 0 Å². The molecule has 2 atom stereocenters. The van der Waals surface area contributed by atoms with Crippen molar-refractivity contribution in [2.24, 2.45) is 5.92 Å². The van der Waals surface area contributed by atoms with E-state index in [2.05, 4.69) is 4.72 Å². The van der Waals surface area contributed by atoms with Crippen molar-refractivity contribution in [3.63, 3.8) is 0 Å². The maximum Gasteiger partial charge on any atom is 0.326 e. The van der Waals surface area contributed by atoms with Crippen molar-refractivity contribution in [3.05, 3.63) is 35.9 Å². The Hall–Kier alpha value is -1.44. The lowest BCUT2D eigenvalue weighted by Gasteiger charge is -2.16. The Balaban J connectivity index is 2.09. The molecule has 2 rings (SSSR count). The van der Waals surface area contributed by atoms with Crippen molar-refractivity contribution in [1.29, 1.82) is 0 Å². The van der Waals surface area contributed by atoms with Crippen molar-refractivity contribution in [3.8, 4) is 0 Å². The second kappa shape index (κ2) is 6.34. The van der Waals surface area contributed by atoms with Crippen LogP contribution in [0.3, 0.4) is 0 Å². The highest BCUT2D eigenvalue weighted by molar-refractivity contribution is 7.89. The molecule has 1 unspecified atom stereocenters. The van der Waals surface area contributed by atoms with Crippen LogP contribution in [0, 0.1) is 5.92 Å². The summed E-state index contributed by atoms with van der Waals surface area (Å²) in [7, 11) is -3.67. The fourth-order valence-electron chi connectivity index (χ4n) is 2.16. The summed E-state index contributed by atoms with van der Waals surface area (Å²) >= 11 is 0. The number of nitrogens with one attached hydrogen (secondary N) is 1. The number of rotatable bonds is 6. The van der Waals surface area contributed by atoms with E-state index in [9.17, 15) is 18.3 Å². The highest BCUT2D eigenvalue weighted by Crippen LogP contribution is 2.18. The number of hydrogen-bond donors (Lipinski definition) is 2. The van der Waals surface area contributed by atoms with Crippen molar-refractivity contribution in [1.82, 2.24) is 4.72 Å². The third-order valence-corrected chi connectivity index (χ3v) is 4.66. The van der Waals surface area contributed by atoms with Gasteiger partial charge in [0.2, 0.25) is 10.0 Å². The first-order valence-corrected chi connectivity index (χ1v) is 7.98. The molecule has 0 saturated carbocycles. The Labute approximate surface area is 117 Å². The second-order valence-electron chi connectivity index (χ2n) is 4.81. The van der Waals surface area contributed by atoms with Gasteiger partial charge in [-0.15, -0.1) is 0 Å². The third-order valence-electron chi connectivity index (χ3n) is 3.16. The van der Waals surface area contributed by atoms with Crippen LogP contribution in [0.25, 0.3) is 0 Å². The summed E-state index contributed by atoms with van der Waals surface area (Å²) in [6, 6.07) is 6.99. The maximum absolute atomic E-state index is 12.0. The third kappa shape index (κ3) is 4.03. The van der Waals surface area contributed by atoms with Crippen molar-refractivity contribution in [2.45, 2.75) is 12.5 Å². The summed E-state index contributed by atoms with van der Waals surface area (Å²) in [5.41, 5.74) is 0.409. The largest absolute Gasteiger partial charge is 0.480 e. The van der Waals surface area contributed by atoms with Crippen molar-refractivity contribution < 1.29 is 23.1 Å². The Morgan fingerprint density at radius 3 is 2.65 bits per heavy atom. The molecule has 0 amide bonds. The van der Waals surface area contributed by atoms with Gasteiger partial charge in [-0.3, -0.25) is 4.79 Å². The van der Waals surface area contributed by atoms with E-state index in [0.717, 1.165) is 0 Å². The van der Waals surface area contributed by atoms with Gasteiger partial charge in [-0.2, -0.15) is 4.72 Å². The monoisotopic (exact) mass is 299 g/mol. The number of carboxylic acids is 1. The molecule has 1 fully saturated rings. The van der Waals surface area contributed by atoms with Gasteiger partial charge < -0.3 is 9.84 Å². The lowest BCUT2D eigenvalue weighted by atomic mass is 10.1. The highest BCUT2D eigenvalue weighted by Gasteiger charge is 2.29. The van der Waals surface area contributed by atoms with E-state index in [4.69, 9.17) is 4.74 Å². The van der Waals surface area contributed by atoms with Gasteiger partial charge in [0.15, 0.2) is 0 Å². The Morgan fingerprint density at radius 2 is 2.10 bits per heavy atom. The van der Waals surface area contributed by atoms with Crippen LogP contribution in [0.15, 0.2) is 30.3 Å². The molecule has 0 aromatic heterocycles. The summed E-state index contributed by atoms with van der Waals surface area (Å²) in [6.07, 6.45) is 0.685. The summed E-state index contributed by atoms with van der Waals surface area (Å²) in [4.78, 5) is 11.3. The van der Waals surface area contributed by atoms with Crippen LogP contribution in [0.5, 0.6) is 0 Å². The van der Waals surface area contributed by atoms with Crippen LogP contribution in [-0.4, -0.2) is 38.5 Å². The molecule has 1 saturated heterocycles. The van der Waals surface area contributed by atoms with Crippen LogP contribution in [0.1, 0.15) is 18.0 Å². The van der Waals surface area contributed by atoms with Crippen LogP contribution < -0.4 is 4.72 Å². The molecule has 110 valence electrons. The van der Waals surface area contributed by atoms with E-state index in [-0.39, 0.29) is 11.7 Å². The minimum Gasteiger partial charge on any atom is -0.480 e. The Bertz CT molecular complexity index is 551. The summed E-state index contributed by atoms with van der Waals surface area (Å²) < 4.78 is 31.5. The molecule has 7 heteroatoms. The number of benzene rings is 1. The number of ether oxygens (including phenoxy) is 1. The van der Waals surface area contributed by atoms with E-state index in [1.165, 1.54) is 0 Å². The predicted octanol–water partition coefficient (Wildman–Crippen LogP) is 0.768. The van der Waals surface area contributed by atoms with Gasteiger partial charge in [-0.05, 0) is 17.9 Å². The van der Waals surface area contributed by atoms with Crippen LogP contribution in [0.4, 0.5) is 0 Å². The fourth-order valence-corrected chi connectivity index (χ4v) is 3.74. The van der Waals surface area contributed by atoms with Gasteiger partial charge in [-0.1, -0.05) is 30.3 Å². The zero-order valence-electron chi connectivity index (χ0n) is 10.9. The van der Waals surface area contributed by atoms with Gasteiger partial charge in [-0.25, -0.2) is 8.42 Å². The van der Waals surface area contributed by atoms with E-state index in [0.29, 0.717) is 25.2 Å². The van der Waals surface area contributed by atoms with Crippen molar-refractivity contribution >= 4 is 16.0 Å². The van der Waals surface area contributed by atoms with Gasteiger partial charge in [0.25, 0.3) is 0 Å². The lowest BCUT2D eigenvalue weighted by Crippen LogP contribution is -2.37. The SMILES string of the molecule is O=C(O)[C@@H](NS(=O)(=O)CC1CCOC1)c1ccccc1. The highest BCUT2D eigenvalue weighted by atomic mass is 32.2. The first-order valence-electron chi connectivity index (χ1n) is 6.33. The molecule has 1 aromatic rings. The number of hydrogen-bond acceptors (Lipinski definition) is 4. The molecule has 1 aliphatic rings. The molecule has 20 heavy (non-hydrogen) atoms. The Morgan fingerprint density at radius 1 is 1.40 bits per heavy atom. The molecule has 0 bridgehead atoms. The zero-order valence-corrected chi connectivity index (χ0v) is 11.7. The average Bonchev–Trinajstić information content (AvgIpc) is 2.89. The maximum atomic E-state index is 12.0. The number of carbonyl (C=O) groups is 1. The average molecular weight is 299 g/mol. The van der Waals surface area contributed by atoms with E-state index in [1.54, 1.807) is 30.3 Å². The van der Waals surface area contributed by atoms with Crippen molar-refractivity contribution in [2.75, 3.05) is 19.0 Å². The predicted molar refractivity (Wildman–Crippen MR) is 72.7 cm³/mol. The molecule has 2 N–H and O–H groups in total. The molecule has 1 aliphatic heterocycles. The van der Waals surface area contributed by atoms with Crippen LogP contribution in [-0.2, 0) is 19.6 Å². The lowest BCUT2D eigenvalue weighted by molar-refractivity contribution is -0.139. The molecule has 0 radical (unpaired) electrons. The first kappa shape index (κ1) is 15.0. The number of sulfonamides is 1.